The Kier molecular flexibility index (Phi) is 17.2. The predicted molar refractivity (Wildman–Crippen MR) is 279 cm³/mol. The molecule has 0 unspecified atom stereocenters. The van der Waals surface area contributed by atoms with Crippen LogP contribution in [-0.2, 0) is 47.4 Å². The standard InChI is InChI=1S/C19H24N2O2S.C18H23FN2O.C18H24N2O3S/c1-13-18(19(2,3)4)21-17(11-20-13)15-7-5-6-14(10-15)12-24(22,23)16-8-9-16;1-11(2)22-16-8-7-13(9-14(16)19)15-10-20-12(3)17(21-15)18(4,5)6;1-12-17(18(2,3)4)20-15(10-19-12)13-7-8-16(23-5)14(9-13)11-24(6,21)22/h5-7,10-11,16H,8-9,12H2,1-4H3;7-11H,1-6H3;7-10H,11H2,1-6H3. The summed E-state index contributed by atoms with van der Waals surface area (Å²) in [6.45, 7) is 28.5. The van der Waals surface area contributed by atoms with E-state index in [0.29, 0.717) is 22.6 Å². The first-order valence-corrected chi connectivity index (χ1v) is 27.3. The molecule has 0 saturated heterocycles. The number of benzene rings is 3. The van der Waals surface area contributed by atoms with Crippen LogP contribution in [0.5, 0.6) is 11.5 Å². The number of hydrogen-bond donors (Lipinski definition) is 0. The van der Waals surface area contributed by atoms with E-state index in [2.05, 4.69) is 82.2 Å². The van der Waals surface area contributed by atoms with Crippen LogP contribution in [-0.4, -0.2) is 71.5 Å². The van der Waals surface area contributed by atoms with Gasteiger partial charge < -0.3 is 9.47 Å². The molecule has 6 aromatic rings. The smallest absolute Gasteiger partial charge is 0.165 e. The molecule has 0 spiro atoms. The molecular weight excluding hydrogens is 924 g/mol. The Bertz CT molecular complexity index is 3040. The Hall–Kier alpha value is -5.67. The minimum atomic E-state index is -3.16. The first-order valence-electron chi connectivity index (χ1n) is 23.5. The van der Waals surface area contributed by atoms with Crippen molar-refractivity contribution in [3.63, 3.8) is 0 Å². The van der Waals surface area contributed by atoms with Gasteiger partial charge in [-0.25, -0.2) is 36.2 Å². The molecule has 0 aliphatic heterocycles. The molecule has 3 heterocycles. The molecule has 3 aromatic carbocycles. The maximum atomic E-state index is 14.1. The molecule has 12 nitrogen and oxygen atoms in total. The van der Waals surface area contributed by atoms with Gasteiger partial charge in [-0.05, 0) is 95.5 Å². The van der Waals surface area contributed by atoms with E-state index in [9.17, 15) is 21.2 Å². The molecule has 0 N–H and O–H groups in total. The number of sulfone groups is 2. The van der Waals surface area contributed by atoms with Crippen molar-refractivity contribution < 1.29 is 30.7 Å². The molecule has 1 saturated carbocycles. The fourth-order valence-electron chi connectivity index (χ4n) is 7.84. The summed E-state index contributed by atoms with van der Waals surface area (Å²) in [6.07, 6.45) is 7.92. The van der Waals surface area contributed by atoms with Crippen LogP contribution < -0.4 is 9.47 Å². The van der Waals surface area contributed by atoms with Crippen LogP contribution in [0.1, 0.15) is 134 Å². The zero-order chi connectivity index (χ0) is 52.1. The van der Waals surface area contributed by atoms with E-state index in [0.717, 1.165) is 75.1 Å². The number of hydrogen-bond acceptors (Lipinski definition) is 12. The van der Waals surface area contributed by atoms with Crippen LogP contribution in [0.15, 0.2) is 79.3 Å². The van der Waals surface area contributed by atoms with E-state index in [4.69, 9.17) is 19.4 Å². The second kappa shape index (κ2) is 21.8. The molecule has 0 atom stereocenters. The summed E-state index contributed by atoms with van der Waals surface area (Å²) < 4.78 is 72.6. The van der Waals surface area contributed by atoms with Gasteiger partial charge in [0.2, 0.25) is 0 Å². The third kappa shape index (κ3) is 15.2. The Labute approximate surface area is 416 Å². The molecule has 7 rings (SSSR count). The molecule has 1 aliphatic rings. The van der Waals surface area contributed by atoms with Crippen molar-refractivity contribution in [3.8, 4) is 45.3 Å². The van der Waals surface area contributed by atoms with Gasteiger partial charge in [-0.15, -0.1) is 0 Å². The van der Waals surface area contributed by atoms with Gasteiger partial charge in [-0.2, -0.15) is 0 Å². The molecule has 1 aliphatic carbocycles. The van der Waals surface area contributed by atoms with Crippen LogP contribution in [0.4, 0.5) is 4.39 Å². The van der Waals surface area contributed by atoms with Crippen LogP contribution in [0.25, 0.3) is 33.8 Å². The summed E-state index contributed by atoms with van der Waals surface area (Å²) in [5, 5.41) is -0.132. The van der Waals surface area contributed by atoms with Gasteiger partial charge in [0, 0.05) is 44.8 Å². The Morgan fingerprint density at radius 3 is 1.43 bits per heavy atom. The highest BCUT2D eigenvalue weighted by Gasteiger charge is 2.35. The molecule has 1 fully saturated rings. The lowest BCUT2D eigenvalue weighted by atomic mass is 9.90. The summed E-state index contributed by atoms with van der Waals surface area (Å²) >= 11 is 0. The van der Waals surface area contributed by atoms with E-state index in [-0.39, 0.29) is 50.7 Å². The van der Waals surface area contributed by atoms with Crippen molar-refractivity contribution in [2.75, 3.05) is 13.4 Å². The zero-order valence-electron chi connectivity index (χ0n) is 43.8. The number of rotatable bonds is 11. The molecule has 70 heavy (non-hydrogen) atoms. The minimum Gasteiger partial charge on any atom is -0.496 e. The van der Waals surface area contributed by atoms with E-state index in [1.165, 1.54) is 19.4 Å². The predicted octanol–water partition coefficient (Wildman–Crippen LogP) is 11.8. The first kappa shape index (κ1) is 55.3. The van der Waals surface area contributed by atoms with Crippen molar-refractivity contribution in [1.29, 1.82) is 0 Å². The quantitative estimate of drug-likeness (QED) is 0.121. The molecule has 0 bridgehead atoms. The zero-order valence-corrected chi connectivity index (χ0v) is 45.4. The summed E-state index contributed by atoms with van der Waals surface area (Å²) in [4.78, 5) is 27.6. The summed E-state index contributed by atoms with van der Waals surface area (Å²) in [7, 11) is -4.64. The van der Waals surface area contributed by atoms with Crippen molar-refractivity contribution in [2.45, 2.75) is 149 Å². The maximum Gasteiger partial charge on any atom is 0.165 e. The lowest BCUT2D eigenvalue weighted by Gasteiger charge is -2.20. The lowest BCUT2D eigenvalue weighted by molar-refractivity contribution is 0.231. The van der Waals surface area contributed by atoms with Gasteiger partial charge in [-0.3, -0.25) is 15.0 Å². The Morgan fingerprint density at radius 2 is 1.04 bits per heavy atom. The second-order valence-corrected chi connectivity index (χ2v) is 25.9. The van der Waals surface area contributed by atoms with Crippen molar-refractivity contribution >= 4 is 19.7 Å². The number of aromatic nitrogens is 6. The third-order valence-electron chi connectivity index (χ3n) is 11.2. The number of nitrogens with zero attached hydrogens (tertiary/aromatic N) is 6. The number of methoxy groups -OCH3 is 1. The summed E-state index contributed by atoms with van der Waals surface area (Å²) in [5.74, 6) is 0.466. The summed E-state index contributed by atoms with van der Waals surface area (Å²) in [6, 6.07) is 18.0. The highest BCUT2D eigenvalue weighted by molar-refractivity contribution is 7.91. The molecule has 3 aromatic heterocycles. The van der Waals surface area contributed by atoms with Crippen LogP contribution in [0, 0.1) is 26.6 Å². The van der Waals surface area contributed by atoms with Gasteiger partial charge in [0.05, 0.1) is 99.8 Å². The molecule has 0 amide bonds. The monoisotopic (exact) mass is 994 g/mol. The minimum absolute atomic E-state index is 0.0630. The normalized spacial score (nSPS) is 13.2. The fraction of sp³-hybridized carbons (Fsp3) is 0.455. The first-order chi connectivity index (χ1) is 32.4. The number of halogens is 1. The van der Waals surface area contributed by atoms with Crippen molar-refractivity contribution in [2.24, 2.45) is 0 Å². The summed E-state index contributed by atoms with van der Waals surface area (Å²) in [5.41, 5.74) is 11.3. The van der Waals surface area contributed by atoms with E-state index < -0.39 is 19.7 Å². The van der Waals surface area contributed by atoms with Crippen molar-refractivity contribution in [1.82, 2.24) is 29.9 Å². The highest BCUT2D eigenvalue weighted by Crippen LogP contribution is 2.34. The maximum absolute atomic E-state index is 14.1. The van der Waals surface area contributed by atoms with Gasteiger partial charge in [0.25, 0.3) is 0 Å². The molecule has 0 radical (unpaired) electrons. The van der Waals surface area contributed by atoms with E-state index in [1.54, 1.807) is 30.7 Å². The van der Waals surface area contributed by atoms with Crippen LogP contribution in [0.2, 0.25) is 0 Å². The van der Waals surface area contributed by atoms with Gasteiger partial charge >= 0.3 is 0 Å². The third-order valence-corrected chi connectivity index (χ3v) is 14.3. The molecule has 376 valence electrons. The molecular formula is C55H71FN6O6S2. The second-order valence-electron chi connectivity index (χ2n) is 21.4. The largest absolute Gasteiger partial charge is 0.496 e. The Balaban J connectivity index is 0.000000196. The van der Waals surface area contributed by atoms with Gasteiger partial charge in [0.15, 0.2) is 31.2 Å². The van der Waals surface area contributed by atoms with Gasteiger partial charge in [-0.1, -0.05) is 80.5 Å². The molecule has 15 heteroatoms. The highest BCUT2D eigenvalue weighted by atomic mass is 32.2. The van der Waals surface area contributed by atoms with Gasteiger partial charge in [0.1, 0.15) is 5.75 Å². The lowest BCUT2D eigenvalue weighted by Crippen LogP contribution is -2.17. The number of ether oxygens (including phenoxy) is 2. The fourth-order valence-corrected chi connectivity index (χ4v) is 10.4. The number of aryl methyl sites for hydroxylation is 3. The SMILES string of the molecule is COc1ccc(-c2cnc(C)c(C(C)(C)C)n2)cc1CS(C)(=O)=O.Cc1ncc(-c2ccc(OC(C)C)c(F)c2)nc1C(C)(C)C.Cc1ncc(-c2cccc(CS(=O)(=O)C3CC3)c2)nc1C(C)(C)C. The average molecular weight is 995 g/mol. The topological polar surface area (TPSA) is 164 Å². The van der Waals surface area contributed by atoms with E-state index >= 15 is 0 Å². The average Bonchev–Trinajstić information content (AvgIpc) is 4.11. The Morgan fingerprint density at radius 1 is 0.614 bits per heavy atom. The van der Waals surface area contributed by atoms with Crippen LogP contribution >= 0.6 is 0 Å². The van der Waals surface area contributed by atoms with Crippen LogP contribution in [0.3, 0.4) is 0 Å². The van der Waals surface area contributed by atoms with E-state index in [1.807, 2.05) is 77.1 Å². The van der Waals surface area contributed by atoms with Crippen molar-refractivity contribution in [3.05, 3.63) is 130 Å².